The molecule has 3 rings (SSSR count). The summed E-state index contributed by atoms with van der Waals surface area (Å²) in [5.41, 5.74) is 0. The molecule has 0 aromatic heterocycles. The number of hydrogen-bond acceptors (Lipinski definition) is 4. The Labute approximate surface area is 161 Å². The van der Waals surface area contributed by atoms with Crippen LogP contribution in [0.1, 0.15) is 33.6 Å². The van der Waals surface area contributed by atoms with Crippen LogP contribution in [0, 0.1) is 5.92 Å². The molecule has 150 valence electrons. The number of rotatable bonds is 3. The summed E-state index contributed by atoms with van der Waals surface area (Å²) < 4.78 is 34.0. The van der Waals surface area contributed by atoms with Crippen molar-refractivity contribution in [2.24, 2.45) is 5.92 Å². The fourth-order valence-electron chi connectivity index (χ4n) is 3.77. The number of hydrogen-bond donors (Lipinski definition) is 1. The number of likely N-dealkylation sites (N-methyl/N-ethyl adjacent to an activating group) is 1. The van der Waals surface area contributed by atoms with Crippen LogP contribution in [0.25, 0.3) is 0 Å². The van der Waals surface area contributed by atoms with Gasteiger partial charge in [-0.2, -0.15) is 4.31 Å². The van der Waals surface area contributed by atoms with Gasteiger partial charge in [-0.3, -0.25) is 0 Å². The average molecular weight is 396 g/mol. The number of ether oxygens (including phenoxy) is 1. The first-order valence-corrected chi connectivity index (χ1v) is 11.1. The molecule has 0 saturated carbocycles. The van der Waals surface area contributed by atoms with Crippen LogP contribution < -0.4 is 10.1 Å². The standard InChI is InChI=1S/C19H29N3O4S/c1-4-22-15-9-11-21(19(23)20-13-14(2)3)12-10-16(15)26-17-7-5-6-8-18(17)27(22,24)25/h5-8,14-16H,4,9-13H2,1-3H3,(H,20,23)/t15-,16-/m0/s1. The molecule has 1 aromatic carbocycles. The number of nitrogens with zero attached hydrogens (tertiary/aromatic N) is 2. The summed E-state index contributed by atoms with van der Waals surface area (Å²) in [7, 11) is -3.63. The van der Waals surface area contributed by atoms with Crippen LogP contribution in [0.4, 0.5) is 4.79 Å². The molecule has 1 N–H and O–H groups in total. The molecule has 0 aliphatic carbocycles. The van der Waals surface area contributed by atoms with E-state index < -0.39 is 10.0 Å². The first-order chi connectivity index (χ1) is 12.8. The Kier molecular flexibility index (Phi) is 5.95. The second-order valence-electron chi connectivity index (χ2n) is 7.52. The highest BCUT2D eigenvalue weighted by molar-refractivity contribution is 7.89. The van der Waals surface area contributed by atoms with Gasteiger partial charge in [-0.25, -0.2) is 13.2 Å². The molecule has 0 unspecified atom stereocenters. The number of likely N-dealkylation sites (tertiary alicyclic amines) is 1. The smallest absolute Gasteiger partial charge is 0.317 e. The molecule has 1 saturated heterocycles. The first kappa shape index (κ1) is 19.9. The fourth-order valence-corrected chi connectivity index (χ4v) is 5.58. The molecule has 2 aliphatic heterocycles. The van der Waals surface area contributed by atoms with E-state index in [0.29, 0.717) is 50.7 Å². The Balaban J connectivity index is 1.84. The zero-order chi connectivity index (χ0) is 19.6. The second kappa shape index (κ2) is 8.06. The second-order valence-corrected chi connectivity index (χ2v) is 9.38. The maximum Gasteiger partial charge on any atom is 0.317 e. The van der Waals surface area contributed by atoms with Gasteiger partial charge in [0.25, 0.3) is 0 Å². The van der Waals surface area contributed by atoms with Crippen LogP contribution in [0.3, 0.4) is 0 Å². The molecular formula is C19H29N3O4S. The van der Waals surface area contributed by atoms with Gasteiger partial charge in [-0.05, 0) is 24.5 Å². The average Bonchev–Trinajstić information content (AvgIpc) is 2.87. The lowest BCUT2D eigenvalue weighted by atomic mass is 10.1. The van der Waals surface area contributed by atoms with Crippen LogP contribution in [0.5, 0.6) is 5.75 Å². The Bertz CT molecular complexity index is 781. The number of carbonyl (C=O) groups is 1. The van der Waals surface area contributed by atoms with Gasteiger partial charge in [0, 0.05) is 32.6 Å². The Hall–Kier alpha value is -1.80. The third-order valence-corrected chi connectivity index (χ3v) is 7.19. The number of amides is 2. The van der Waals surface area contributed by atoms with E-state index in [9.17, 15) is 13.2 Å². The summed E-state index contributed by atoms with van der Waals surface area (Å²) in [5, 5.41) is 2.94. The quantitative estimate of drug-likeness (QED) is 0.852. The predicted octanol–water partition coefficient (Wildman–Crippen LogP) is 2.29. The van der Waals surface area contributed by atoms with Crippen LogP contribution in [0.15, 0.2) is 29.2 Å². The number of benzene rings is 1. The minimum atomic E-state index is -3.63. The van der Waals surface area contributed by atoms with Crippen molar-refractivity contribution in [3.63, 3.8) is 0 Å². The zero-order valence-electron chi connectivity index (χ0n) is 16.2. The zero-order valence-corrected chi connectivity index (χ0v) is 17.0. The number of fused-ring (bicyclic) bond motifs is 2. The van der Waals surface area contributed by atoms with Crippen molar-refractivity contribution in [2.45, 2.75) is 50.7 Å². The summed E-state index contributed by atoms with van der Waals surface area (Å²) in [4.78, 5) is 14.4. The molecule has 0 bridgehead atoms. The third-order valence-electron chi connectivity index (χ3n) is 5.15. The molecule has 27 heavy (non-hydrogen) atoms. The predicted molar refractivity (Wildman–Crippen MR) is 103 cm³/mol. The van der Waals surface area contributed by atoms with Gasteiger partial charge in [-0.15, -0.1) is 0 Å². The van der Waals surface area contributed by atoms with Crippen molar-refractivity contribution in [1.29, 1.82) is 0 Å². The minimum Gasteiger partial charge on any atom is -0.487 e. The maximum atomic E-state index is 13.2. The largest absolute Gasteiger partial charge is 0.487 e. The molecule has 2 aliphatic rings. The fraction of sp³-hybridized carbons (Fsp3) is 0.632. The molecule has 0 spiro atoms. The van der Waals surface area contributed by atoms with Gasteiger partial charge >= 0.3 is 6.03 Å². The lowest BCUT2D eigenvalue weighted by Crippen LogP contribution is -2.47. The molecule has 7 nitrogen and oxygen atoms in total. The maximum absolute atomic E-state index is 13.2. The normalized spacial score (nSPS) is 25.0. The Morgan fingerprint density at radius 3 is 2.67 bits per heavy atom. The topological polar surface area (TPSA) is 79.0 Å². The van der Waals surface area contributed by atoms with E-state index >= 15 is 0 Å². The lowest BCUT2D eigenvalue weighted by molar-refractivity contribution is 0.115. The SMILES string of the molecule is CCN1[C@H]2CCN(C(=O)NCC(C)C)CC[C@@H]2Oc2ccccc2S1(=O)=O. The third kappa shape index (κ3) is 4.06. The van der Waals surface area contributed by atoms with E-state index in [1.807, 2.05) is 6.92 Å². The van der Waals surface area contributed by atoms with Gasteiger partial charge in [-0.1, -0.05) is 32.9 Å². The number of para-hydroxylation sites is 1. The van der Waals surface area contributed by atoms with Crippen LogP contribution in [-0.2, 0) is 10.0 Å². The molecule has 2 amide bonds. The van der Waals surface area contributed by atoms with E-state index in [2.05, 4.69) is 19.2 Å². The van der Waals surface area contributed by atoms with Crippen LogP contribution in [0.2, 0.25) is 0 Å². The Morgan fingerprint density at radius 1 is 1.26 bits per heavy atom. The van der Waals surface area contributed by atoms with Gasteiger partial charge in [0.1, 0.15) is 16.7 Å². The summed E-state index contributed by atoms with van der Waals surface area (Å²) in [6.07, 6.45) is 0.882. The van der Waals surface area contributed by atoms with Gasteiger partial charge < -0.3 is 15.0 Å². The first-order valence-electron chi connectivity index (χ1n) is 9.65. The number of sulfonamides is 1. The molecule has 1 aromatic rings. The lowest BCUT2D eigenvalue weighted by Gasteiger charge is -2.30. The molecule has 0 radical (unpaired) electrons. The van der Waals surface area contributed by atoms with Crippen molar-refractivity contribution in [3.05, 3.63) is 24.3 Å². The molecule has 2 heterocycles. The molecule has 8 heteroatoms. The number of nitrogens with one attached hydrogen (secondary N) is 1. The molecule has 2 atom stereocenters. The summed E-state index contributed by atoms with van der Waals surface area (Å²) in [6, 6.07) is 6.44. The monoisotopic (exact) mass is 395 g/mol. The van der Waals surface area contributed by atoms with Crippen molar-refractivity contribution < 1.29 is 17.9 Å². The van der Waals surface area contributed by atoms with E-state index in [4.69, 9.17) is 4.74 Å². The van der Waals surface area contributed by atoms with Gasteiger partial charge in [0.05, 0.1) is 6.04 Å². The van der Waals surface area contributed by atoms with Crippen molar-refractivity contribution in [2.75, 3.05) is 26.2 Å². The number of carbonyl (C=O) groups excluding carboxylic acids is 1. The van der Waals surface area contributed by atoms with Crippen LogP contribution >= 0.6 is 0 Å². The summed E-state index contributed by atoms with van der Waals surface area (Å²) in [5.74, 6) is 0.786. The summed E-state index contributed by atoms with van der Waals surface area (Å²) in [6.45, 7) is 8.01. The summed E-state index contributed by atoms with van der Waals surface area (Å²) >= 11 is 0. The highest BCUT2D eigenvalue weighted by Gasteiger charge is 2.42. The van der Waals surface area contributed by atoms with E-state index in [1.54, 1.807) is 33.5 Å². The van der Waals surface area contributed by atoms with Gasteiger partial charge in [0.2, 0.25) is 10.0 Å². The van der Waals surface area contributed by atoms with E-state index in [-0.39, 0.29) is 23.1 Å². The Morgan fingerprint density at radius 2 is 1.96 bits per heavy atom. The van der Waals surface area contributed by atoms with Crippen molar-refractivity contribution >= 4 is 16.1 Å². The van der Waals surface area contributed by atoms with Gasteiger partial charge in [0.15, 0.2) is 0 Å². The van der Waals surface area contributed by atoms with Crippen molar-refractivity contribution in [3.8, 4) is 5.75 Å². The highest BCUT2D eigenvalue weighted by atomic mass is 32.2. The molecule has 1 fully saturated rings. The van der Waals surface area contributed by atoms with E-state index in [1.165, 1.54) is 0 Å². The van der Waals surface area contributed by atoms with Crippen LogP contribution in [-0.4, -0.2) is 62.0 Å². The van der Waals surface area contributed by atoms with E-state index in [0.717, 1.165) is 0 Å². The number of urea groups is 1. The molecular weight excluding hydrogens is 366 g/mol. The minimum absolute atomic E-state index is 0.0912. The highest BCUT2D eigenvalue weighted by Crippen LogP contribution is 2.36. The van der Waals surface area contributed by atoms with Crippen molar-refractivity contribution in [1.82, 2.24) is 14.5 Å².